The van der Waals surface area contributed by atoms with Crippen LogP contribution in [0.25, 0.3) is 0 Å². The van der Waals surface area contributed by atoms with Crippen molar-refractivity contribution >= 4 is 23.3 Å². The number of rotatable bonds is 2. The molecule has 1 aliphatic heterocycles. The summed E-state index contributed by atoms with van der Waals surface area (Å²) < 4.78 is 5.16. The second kappa shape index (κ2) is 5.25. The predicted octanol–water partition coefficient (Wildman–Crippen LogP) is 1.50. The van der Waals surface area contributed by atoms with Crippen LogP contribution in [0, 0.1) is 11.3 Å². The number of halogens is 1. The fourth-order valence-corrected chi connectivity index (χ4v) is 2.11. The zero-order valence-electron chi connectivity index (χ0n) is 9.47. The van der Waals surface area contributed by atoms with Crippen molar-refractivity contribution in [1.82, 2.24) is 0 Å². The molecule has 0 radical (unpaired) electrons. The Morgan fingerprint density at radius 1 is 1.61 bits per heavy atom. The molecular formula is C12H11ClN2O3. The summed E-state index contributed by atoms with van der Waals surface area (Å²) in [6, 6.07) is 6.15. The maximum absolute atomic E-state index is 11.1. The molecule has 1 saturated heterocycles. The quantitative estimate of drug-likeness (QED) is 0.878. The normalized spacial score (nSPS) is 19.3. The largest absolute Gasteiger partial charge is 0.480 e. The van der Waals surface area contributed by atoms with Gasteiger partial charge < -0.3 is 14.7 Å². The summed E-state index contributed by atoms with van der Waals surface area (Å²) in [7, 11) is 0. The minimum Gasteiger partial charge on any atom is -0.480 e. The third kappa shape index (κ3) is 2.40. The van der Waals surface area contributed by atoms with Gasteiger partial charge in [0.2, 0.25) is 0 Å². The smallest absolute Gasteiger partial charge is 0.328 e. The number of nitriles is 1. The number of nitrogens with zero attached hydrogens (tertiary/aromatic N) is 2. The molecule has 1 atom stereocenters. The first-order chi connectivity index (χ1) is 8.63. The summed E-state index contributed by atoms with van der Waals surface area (Å²) in [6.07, 6.45) is 0. The van der Waals surface area contributed by atoms with E-state index in [4.69, 9.17) is 26.7 Å². The van der Waals surface area contributed by atoms with Crippen LogP contribution in [0.3, 0.4) is 0 Å². The topological polar surface area (TPSA) is 73.6 Å². The maximum Gasteiger partial charge on any atom is 0.328 e. The Morgan fingerprint density at radius 3 is 3.00 bits per heavy atom. The van der Waals surface area contributed by atoms with E-state index >= 15 is 0 Å². The van der Waals surface area contributed by atoms with Gasteiger partial charge in [-0.1, -0.05) is 11.6 Å². The van der Waals surface area contributed by atoms with Crippen molar-refractivity contribution in [3.05, 3.63) is 28.8 Å². The summed E-state index contributed by atoms with van der Waals surface area (Å²) >= 11 is 5.95. The Hall–Kier alpha value is -1.77. The van der Waals surface area contributed by atoms with E-state index in [9.17, 15) is 4.79 Å². The Kier molecular flexibility index (Phi) is 3.70. The molecule has 0 saturated carbocycles. The van der Waals surface area contributed by atoms with Gasteiger partial charge in [-0.05, 0) is 18.2 Å². The number of carboxylic acids is 1. The Bertz CT molecular complexity index is 513. The van der Waals surface area contributed by atoms with Gasteiger partial charge in [-0.2, -0.15) is 5.26 Å². The van der Waals surface area contributed by atoms with E-state index in [2.05, 4.69) is 0 Å². The SMILES string of the molecule is N#Cc1ccc(N2CCOCC2C(=O)O)cc1Cl. The monoisotopic (exact) mass is 266 g/mol. The first kappa shape index (κ1) is 12.7. The molecule has 0 aliphatic carbocycles. The van der Waals surface area contributed by atoms with Crippen molar-refractivity contribution < 1.29 is 14.6 Å². The van der Waals surface area contributed by atoms with Gasteiger partial charge >= 0.3 is 5.97 Å². The van der Waals surface area contributed by atoms with Crippen LogP contribution in [0.15, 0.2) is 18.2 Å². The van der Waals surface area contributed by atoms with Crippen LogP contribution in [0.5, 0.6) is 0 Å². The van der Waals surface area contributed by atoms with E-state index in [0.29, 0.717) is 29.4 Å². The highest BCUT2D eigenvalue weighted by Crippen LogP contribution is 2.26. The van der Waals surface area contributed by atoms with Gasteiger partial charge in [0.1, 0.15) is 6.07 Å². The van der Waals surface area contributed by atoms with Gasteiger partial charge in [0.15, 0.2) is 6.04 Å². The van der Waals surface area contributed by atoms with Crippen LogP contribution >= 0.6 is 11.6 Å². The maximum atomic E-state index is 11.1. The minimum absolute atomic E-state index is 0.146. The Labute approximate surface area is 109 Å². The van der Waals surface area contributed by atoms with Gasteiger partial charge in [-0.15, -0.1) is 0 Å². The van der Waals surface area contributed by atoms with Crippen LogP contribution in [0.2, 0.25) is 5.02 Å². The fourth-order valence-electron chi connectivity index (χ4n) is 1.89. The molecule has 2 rings (SSSR count). The van der Waals surface area contributed by atoms with Crippen molar-refractivity contribution in [3.63, 3.8) is 0 Å². The van der Waals surface area contributed by atoms with E-state index in [1.807, 2.05) is 6.07 Å². The molecule has 94 valence electrons. The lowest BCUT2D eigenvalue weighted by molar-refractivity contribution is -0.141. The molecule has 5 nitrogen and oxygen atoms in total. The average molecular weight is 267 g/mol. The Balaban J connectivity index is 2.32. The first-order valence-corrected chi connectivity index (χ1v) is 5.78. The van der Waals surface area contributed by atoms with E-state index in [1.165, 1.54) is 0 Å². The lowest BCUT2D eigenvalue weighted by atomic mass is 10.1. The molecule has 1 aromatic carbocycles. The van der Waals surface area contributed by atoms with Crippen molar-refractivity contribution in [3.8, 4) is 6.07 Å². The number of aliphatic carboxylic acids is 1. The van der Waals surface area contributed by atoms with Crippen LogP contribution in [-0.2, 0) is 9.53 Å². The molecule has 18 heavy (non-hydrogen) atoms. The number of hydrogen-bond acceptors (Lipinski definition) is 4. The number of carboxylic acid groups (broad SMARTS) is 1. The summed E-state index contributed by atoms with van der Waals surface area (Å²) in [5.74, 6) is -0.935. The van der Waals surface area contributed by atoms with Gasteiger partial charge in [0.25, 0.3) is 0 Å². The van der Waals surface area contributed by atoms with Gasteiger partial charge in [-0.3, -0.25) is 0 Å². The molecule has 0 spiro atoms. The molecule has 1 N–H and O–H groups in total. The van der Waals surface area contributed by atoms with E-state index in [-0.39, 0.29) is 6.61 Å². The molecule has 1 aromatic rings. The summed E-state index contributed by atoms with van der Waals surface area (Å²) in [5.41, 5.74) is 1.07. The zero-order valence-corrected chi connectivity index (χ0v) is 10.2. The predicted molar refractivity (Wildman–Crippen MR) is 65.8 cm³/mol. The minimum atomic E-state index is -0.935. The first-order valence-electron chi connectivity index (χ1n) is 5.40. The Morgan fingerprint density at radius 2 is 2.39 bits per heavy atom. The van der Waals surface area contributed by atoms with E-state index < -0.39 is 12.0 Å². The van der Waals surface area contributed by atoms with E-state index in [0.717, 1.165) is 0 Å². The summed E-state index contributed by atoms with van der Waals surface area (Å²) in [5, 5.41) is 18.3. The lowest BCUT2D eigenvalue weighted by Crippen LogP contribution is -2.50. The van der Waals surface area contributed by atoms with Crippen LogP contribution in [0.1, 0.15) is 5.56 Å². The number of hydrogen-bond donors (Lipinski definition) is 1. The molecule has 0 amide bonds. The zero-order chi connectivity index (χ0) is 13.1. The number of carbonyl (C=O) groups is 1. The lowest BCUT2D eigenvalue weighted by Gasteiger charge is -2.34. The number of benzene rings is 1. The number of anilines is 1. The molecular weight excluding hydrogens is 256 g/mol. The van der Waals surface area contributed by atoms with Crippen molar-refractivity contribution in [2.24, 2.45) is 0 Å². The molecule has 1 fully saturated rings. The van der Waals surface area contributed by atoms with Crippen molar-refractivity contribution in [2.45, 2.75) is 6.04 Å². The highest BCUT2D eigenvalue weighted by Gasteiger charge is 2.29. The van der Waals surface area contributed by atoms with Crippen molar-refractivity contribution in [2.75, 3.05) is 24.7 Å². The molecule has 0 aromatic heterocycles. The third-order valence-corrected chi connectivity index (χ3v) is 3.13. The fraction of sp³-hybridized carbons (Fsp3) is 0.333. The molecule has 1 aliphatic rings. The summed E-state index contributed by atoms with van der Waals surface area (Å²) in [4.78, 5) is 12.9. The van der Waals surface area contributed by atoms with E-state index in [1.54, 1.807) is 23.1 Å². The van der Waals surface area contributed by atoms with Crippen molar-refractivity contribution in [1.29, 1.82) is 5.26 Å². The molecule has 1 unspecified atom stereocenters. The highest BCUT2D eigenvalue weighted by atomic mass is 35.5. The number of ether oxygens (including phenoxy) is 1. The second-order valence-electron chi connectivity index (χ2n) is 3.90. The standard InChI is InChI=1S/C12H11ClN2O3/c13-10-5-9(2-1-8(10)6-14)15-3-4-18-7-11(15)12(16)17/h1-2,5,11H,3-4,7H2,(H,16,17). The van der Waals surface area contributed by atoms with Gasteiger partial charge in [0, 0.05) is 12.2 Å². The average Bonchev–Trinajstić information content (AvgIpc) is 2.38. The van der Waals surface area contributed by atoms with Crippen LogP contribution < -0.4 is 4.90 Å². The van der Waals surface area contributed by atoms with Gasteiger partial charge in [-0.25, -0.2) is 4.79 Å². The molecule has 1 heterocycles. The third-order valence-electron chi connectivity index (χ3n) is 2.82. The van der Waals surface area contributed by atoms with Crippen LogP contribution in [-0.4, -0.2) is 36.9 Å². The summed E-state index contributed by atoms with van der Waals surface area (Å²) in [6.45, 7) is 1.10. The highest BCUT2D eigenvalue weighted by molar-refractivity contribution is 6.32. The molecule has 6 heteroatoms. The van der Waals surface area contributed by atoms with Crippen LogP contribution in [0.4, 0.5) is 5.69 Å². The number of morpholine rings is 1. The van der Waals surface area contributed by atoms with Gasteiger partial charge in [0.05, 0.1) is 23.8 Å². The second-order valence-corrected chi connectivity index (χ2v) is 4.31. The molecule has 0 bridgehead atoms.